The third-order valence-electron chi connectivity index (χ3n) is 7.98. The molecule has 2 aromatic rings. The van der Waals surface area contributed by atoms with Crippen molar-refractivity contribution in [1.29, 1.82) is 0 Å². The molecule has 1 unspecified atom stereocenters. The molecule has 1 aromatic heterocycles. The number of ether oxygens (including phenoxy) is 3. The van der Waals surface area contributed by atoms with Crippen molar-refractivity contribution < 1.29 is 34.0 Å². The van der Waals surface area contributed by atoms with Gasteiger partial charge in [-0.3, -0.25) is 19.4 Å². The molecule has 0 fully saturated rings. The molecule has 0 radical (unpaired) electrons. The van der Waals surface area contributed by atoms with Crippen molar-refractivity contribution in [2.45, 2.75) is 96.2 Å². The second-order valence-corrected chi connectivity index (χ2v) is 13.3. The van der Waals surface area contributed by atoms with E-state index in [0.717, 1.165) is 42.9 Å². The van der Waals surface area contributed by atoms with Crippen LogP contribution in [-0.2, 0) is 20.8 Å². The Labute approximate surface area is 285 Å². The van der Waals surface area contributed by atoms with E-state index < -0.39 is 41.6 Å². The van der Waals surface area contributed by atoms with Crippen LogP contribution in [0.3, 0.4) is 0 Å². The Morgan fingerprint density at radius 1 is 0.958 bits per heavy atom. The van der Waals surface area contributed by atoms with Crippen LogP contribution in [0.5, 0.6) is 0 Å². The third-order valence-corrected chi connectivity index (χ3v) is 8.25. The average molecular weight is 693 g/mol. The molecule has 0 spiro atoms. The van der Waals surface area contributed by atoms with Gasteiger partial charge in [-0.2, -0.15) is 0 Å². The summed E-state index contributed by atoms with van der Waals surface area (Å²) in [6.45, 7) is 9.02. The number of rotatable bonds is 20. The molecule has 13 nitrogen and oxygen atoms in total. The van der Waals surface area contributed by atoms with Crippen molar-refractivity contribution in [2.24, 2.45) is 0 Å². The highest BCUT2D eigenvalue weighted by atomic mass is 35.5. The number of H-pyrrole nitrogens is 1. The fourth-order valence-electron chi connectivity index (χ4n) is 4.96. The average Bonchev–Trinajstić information content (AvgIpc) is 3.41. The number of aliphatic hydroxyl groups is 2. The zero-order chi connectivity index (χ0) is 35.3. The number of amides is 2. The molecule has 1 aromatic carbocycles. The second-order valence-electron chi connectivity index (χ2n) is 13.0. The summed E-state index contributed by atoms with van der Waals surface area (Å²) < 4.78 is 18.4. The molecule has 48 heavy (non-hydrogen) atoms. The topological polar surface area (TPSA) is 181 Å². The summed E-state index contributed by atoms with van der Waals surface area (Å²) in [7, 11) is 0. The van der Waals surface area contributed by atoms with Crippen LogP contribution in [0.15, 0.2) is 46.1 Å². The summed E-state index contributed by atoms with van der Waals surface area (Å²) in [6, 6.07) is 6.60. The van der Waals surface area contributed by atoms with E-state index >= 15 is 0 Å². The first-order chi connectivity index (χ1) is 22.7. The lowest BCUT2D eigenvalue weighted by atomic mass is 9.99. The van der Waals surface area contributed by atoms with E-state index in [-0.39, 0.29) is 29.5 Å². The Kier molecular flexibility index (Phi) is 14.9. The highest BCUT2D eigenvalue weighted by Gasteiger charge is 2.29. The smallest absolute Gasteiger partial charge is 0.335 e. The van der Waals surface area contributed by atoms with E-state index in [1.54, 1.807) is 24.3 Å². The number of carbonyl (C=O) groups excluding carboxylic acids is 2. The molecule has 0 bridgehead atoms. The maximum atomic E-state index is 12.8. The first kappa shape index (κ1) is 39.0. The van der Waals surface area contributed by atoms with Gasteiger partial charge in [-0.05, 0) is 64.7 Å². The van der Waals surface area contributed by atoms with Crippen molar-refractivity contribution in [3.8, 4) is 0 Å². The summed E-state index contributed by atoms with van der Waals surface area (Å²) in [6.07, 6.45) is 6.25. The van der Waals surface area contributed by atoms with Crippen LogP contribution >= 0.6 is 11.6 Å². The maximum absolute atomic E-state index is 12.8. The fraction of sp³-hybridized carbons (Fsp3) is 0.588. The van der Waals surface area contributed by atoms with Gasteiger partial charge in [0, 0.05) is 36.8 Å². The molecule has 266 valence electrons. The van der Waals surface area contributed by atoms with Crippen molar-refractivity contribution in [3.63, 3.8) is 0 Å². The number of nitrogens with one attached hydrogen (secondary N) is 3. The SMILES string of the molecule is CC(C)(CCCCCCCl)OCCC(C)(C)OCCNC(=O)c1ccc(CNC(=O)c2cn(C3=CC(O)[C@@H](CO)O3)c(=O)[nH]c2=O)cc1. The van der Waals surface area contributed by atoms with Crippen LogP contribution in [0.25, 0.3) is 5.88 Å². The number of benzene rings is 1. The molecule has 0 aliphatic carbocycles. The largest absolute Gasteiger partial charge is 0.470 e. The van der Waals surface area contributed by atoms with Gasteiger partial charge < -0.3 is 35.1 Å². The summed E-state index contributed by atoms with van der Waals surface area (Å²) in [5.41, 5.74) is -1.64. The van der Waals surface area contributed by atoms with Gasteiger partial charge in [-0.1, -0.05) is 31.4 Å². The van der Waals surface area contributed by atoms with E-state index in [2.05, 4.69) is 24.5 Å². The Bertz CT molecular complexity index is 1500. The van der Waals surface area contributed by atoms with Crippen LogP contribution in [-0.4, -0.2) is 87.2 Å². The standard InChI is InChI=1S/C34H49ClN4O9/c1-33(2,13-7-5-6-8-15-35)46-17-14-34(3,4)47-18-16-36-29(42)24-11-9-23(10-12-24)20-37-30(43)25-21-39(32(45)38-31(25)44)28-19-26(41)27(22-40)48-28/h9-12,19,21,26-27,40-41H,5-8,13-18,20,22H2,1-4H3,(H,36,42)(H,37,43)(H,38,44,45)/t26?,27-/m1/s1. The lowest BCUT2D eigenvalue weighted by Gasteiger charge is -2.30. The first-order valence-electron chi connectivity index (χ1n) is 16.3. The minimum Gasteiger partial charge on any atom is -0.470 e. The highest BCUT2D eigenvalue weighted by Crippen LogP contribution is 2.22. The quantitative estimate of drug-likeness (QED) is 0.103. The number of halogens is 1. The molecular weight excluding hydrogens is 644 g/mol. The molecule has 0 saturated heterocycles. The van der Waals surface area contributed by atoms with Gasteiger partial charge >= 0.3 is 5.69 Å². The van der Waals surface area contributed by atoms with Gasteiger partial charge in [-0.25, -0.2) is 9.36 Å². The van der Waals surface area contributed by atoms with Crippen LogP contribution in [0.2, 0.25) is 0 Å². The number of carbonyl (C=O) groups is 2. The lowest BCUT2D eigenvalue weighted by molar-refractivity contribution is -0.0738. The molecular formula is C34H49ClN4O9. The number of aromatic amines is 1. The fourth-order valence-corrected chi connectivity index (χ4v) is 5.15. The third kappa shape index (κ3) is 12.2. The number of alkyl halides is 1. The van der Waals surface area contributed by atoms with Crippen molar-refractivity contribution in [1.82, 2.24) is 20.2 Å². The van der Waals surface area contributed by atoms with Gasteiger partial charge in [0.1, 0.15) is 11.7 Å². The summed E-state index contributed by atoms with van der Waals surface area (Å²) in [5, 5.41) is 24.6. The van der Waals surface area contributed by atoms with Crippen LogP contribution in [0, 0.1) is 0 Å². The highest BCUT2D eigenvalue weighted by molar-refractivity contribution is 6.17. The van der Waals surface area contributed by atoms with E-state index in [1.807, 2.05) is 18.8 Å². The van der Waals surface area contributed by atoms with E-state index in [0.29, 0.717) is 43.2 Å². The van der Waals surface area contributed by atoms with Gasteiger partial charge in [0.15, 0.2) is 6.10 Å². The molecule has 0 saturated carbocycles. The number of aromatic nitrogens is 2. The van der Waals surface area contributed by atoms with Crippen LogP contribution < -0.4 is 21.9 Å². The van der Waals surface area contributed by atoms with Gasteiger partial charge in [0.2, 0.25) is 5.88 Å². The molecule has 5 N–H and O–H groups in total. The minimum atomic E-state index is -1.16. The van der Waals surface area contributed by atoms with E-state index in [1.165, 1.54) is 6.08 Å². The molecule has 3 rings (SSSR count). The number of hydrogen-bond donors (Lipinski definition) is 5. The van der Waals surface area contributed by atoms with Crippen molar-refractivity contribution >= 4 is 29.3 Å². The van der Waals surface area contributed by atoms with Gasteiger partial charge in [-0.15, -0.1) is 11.6 Å². The molecule has 1 aliphatic rings. The first-order valence-corrected chi connectivity index (χ1v) is 16.8. The number of nitrogens with zero attached hydrogens (tertiary/aromatic N) is 1. The van der Waals surface area contributed by atoms with Crippen LogP contribution in [0.1, 0.15) is 92.5 Å². The Morgan fingerprint density at radius 2 is 1.62 bits per heavy atom. The maximum Gasteiger partial charge on any atom is 0.335 e. The molecule has 1 aliphatic heterocycles. The predicted octanol–water partition coefficient (Wildman–Crippen LogP) is 2.92. The zero-order valence-corrected chi connectivity index (χ0v) is 28.9. The number of hydrogen-bond acceptors (Lipinski definition) is 9. The van der Waals surface area contributed by atoms with E-state index in [9.17, 15) is 29.4 Å². The monoisotopic (exact) mass is 692 g/mol. The zero-order valence-electron chi connectivity index (χ0n) is 28.2. The normalized spacial score (nSPS) is 16.4. The Hall–Kier alpha value is -3.49. The number of unbranched alkanes of at least 4 members (excludes halogenated alkanes) is 3. The minimum absolute atomic E-state index is 0.0438. The van der Waals surface area contributed by atoms with E-state index in [4.69, 9.17) is 25.8 Å². The molecule has 2 amide bonds. The Morgan fingerprint density at radius 3 is 2.29 bits per heavy atom. The lowest BCUT2D eigenvalue weighted by Crippen LogP contribution is -2.37. The number of aliphatic hydroxyl groups excluding tert-OH is 2. The Balaban J connectivity index is 1.40. The van der Waals surface area contributed by atoms with Gasteiger partial charge in [0.25, 0.3) is 17.4 Å². The van der Waals surface area contributed by atoms with Crippen molar-refractivity contribution in [3.05, 3.63) is 74.1 Å². The molecule has 2 atom stereocenters. The van der Waals surface area contributed by atoms with Crippen LogP contribution in [0.4, 0.5) is 0 Å². The second kappa shape index (κ2) is 18.3. The summed E-state index contributed by atoms with van der Waals surface area (Å²) in [4.78, 5) is 52.1. The predicted molar refractivity (Wildman–Crippen MR) is 182 cm³/mol. The summed E-state index contributed by atoms with van der Waals surface area (Å²) in [5.74, 6) is -0.430. The molecule has 14 heteroatoms. The van der Waals surface area contributed by atoms with Gasteiger partial charge in [0.05, 0.1) is 31.0 Å². The van der Waals surface area contributed by atoms with Crippen molar-refractivity contribution in [2.75, 3.05) is 32.2 Å². The molecule has 2 heterocycles. The summed E-state index contributed by atoms with van der Waals surface area (Å²) >= 11 is 5.75.